The third-order valence-electron chi connectivity index (χ3n) is 5.26. The first-order valence-electron chi connectivity index (χ1n) is 10.1. The van der Waals surface area contributed by atoms with Crippen molar-refractivity contribution in [1.29, 1.82) is 0 Å². The summed E-state index contributed by atoms with van der Waals surface area (Å²) < 4.78 is 58.1. The van der Waals surface area contributed by atoms with Gasteiger partial charge in [0.05, 0.1) is 22.9 Å². The molecule has 1 aliphatic rings. The summed E-state index contributed by atoms with van der Waals surface area (Å²) in [6.07, 6.45) is 4.66. The normalized spacial score (nSPS) is 16.0. The summed E-state index contributed by atoms with van der Waals surface area (Å²) in [6, 6.07) is 6.29. The zero-order valence-electron chi connectivity index (χ0n) is 17.7. The van der Waals surface area contributed by atoms with Gasteiger partial charge in [-0.3, -0.25) is 4.68 Å². The molecule has 0 N–H and O–H groups in total. The van der Waals surface area contributed by atoms with Gasteiger partial charge in [-0.15, -0.1) is 0 Å². The molecule has 2 aromatic rings. The molecular weight excluding hydrogens is 426 g/mol. The van der Waals surface area contributed by atoms with Crippen LogP contribution in [0.1, 0.15) is 37.1 Å². The zero-order valence-corrected chi connectivity index (χ0v) is 19.3. The molecule has 0 atom stereocenters. The molecule has 1 fully saturated rings. The molecule has 1 saturated heterocycles. The van der Waals surface area contributed by atoms with Crippen LogP contribution >= 0.6 is 0 Å². The van der Waals surface area contributed by atoms with Gasteiger partial charge in [-0.1, -0.05) is 6.42 Å². The van der Waals surface area contributed by atoms with Crippen LogP contribution in [-0.2, 0) is 26.4 Å². The Morgan fingerprint density at radius 3 is 2.23 bits per heavy atom. The van der Waals surface area contributed by atoms with Crippen LogP contribution in [0.2, 0.25) is 0 Å². The van der Waals surface area contributed by atoms with Gasteiger partial charge in [0, 0.05) is 32.3 Å². The Balaban J connectivity index is 1.61. The molecule has 2 heterocycles. The quantitative estimate of drug-likeness (QED) is 0.567. The van der Waals surface area contributed by atoms with E-state index in [0.717, 1.165) is 25.5 Å². The minimum atomic E-state index is -3.52. The lowest BCUT2D eigenvalue weighted by atomic mass is 10.2. The summed E-state index contributed by atoms with van der Waals surface area (Å²) in [5.74, 6) is 0.587. The van der Waals surface area contributed by atoms with E-state index in [1.165, 1.54) is 12.1 Å². The van der Waals surface area contributed by atoms with E-state index < -0.39 is 19.9 Å². The third kappa shape index (κ3) is 5.04. The summed E-state index contributed by atoms with van der Waals surface area (Å²) in [7, 11) is -6.75. The van der Waals surface area contributed by atoms with Gasteiger partial charge in [0.25, 0.3) is 0 Å². The summed E-state index contributed by atoms with van der Waals surface area (Å²) in [5.41, 5.74) is 1.17. The maximum atomic E-state index is 13.1. The number of benzene rings is 1. The highest BCUT2D eigenvalue weighted by molar-refractivity contribution is 7.90. The molecule has 166 valence electrons. The van der Waals surface area contributed by atoms with Crippen LogP contribution in [0.25, 0.3) is 0 Å². The van der Waals surface area contributed by atoms with Gasteiger partial charge in [0.1, 0.15) is 10.6 Å². The van der Waals surface area contributed by atoms with Crippen molar-refractivity contribution in [2.75, 3.05) is 26.0 Å². The van der Waals surface area contributed by atoms with Gasteiger partial charge in [0.2, 0.25) is 10.0 Å². The van der Waals surface area contributed by atoms with Crippen molar-refractivity contribution in [2.24, 2.45) is 0 Å². The van der Waals surface area contributed by atoms with E-state index in [9.17, 15) is 16.8 Å². The molecule has 1 aromatic carbocycles. The van der Waals surface area contributed by atoms with E-state index >= 15 is 0 Å². The van der Waals surface area contributed by atoms with Gasteiger partial charge in [-0.2, -0.15) is 9.40 Å². The van der Waals surface area contributed by atoms with Gasteiger partial charge >= 0.3 is 0 Å². The molecule has 0 aliphatic carbocycles. The molecule has 0 amide bonds. The van der Waals surface area contributed by atoms with Crippen LogP contribution in [-0.4, -0.2) is 56.9 Å². The lowest BCUT2D eigenvalue weighted by Crippen LogP contribution is -2.36. The van der Waals surface area contributed by atoms with E-state index in [4.69, 9.17) is 4.74 Å². The molecule has 1 aliphatic heterocycles. The summed E-state index contributed by atoms with van der Waals surface area (Å²) in [4.78, 5) is 0.571. The smallest absolute Gasteiger partial charge is 0.246 e. The molecule has 30 heavy (non-hydrogen) atoms. The first kappa shape index (κ1) is 22.8. The first-order valence-corrected chi connectivity index (χ1v) is 13.4. The largest absolute Gasteiger partial charge is 0.494 e. The van der Waals surface area contributed by atoms with Crippen molar-refractivity contribution < 1.29 is 21.6 Å². The Labute approximate surface area is 178 Å². The fourth-order valence-corrected chi connectivity index (χ4v) is 6.21. The van der Waals surface area contributed by atoms with Gasteiger partial charge < -0.3 is 4.74 Å². The van der Waals surface area contributed by atoms with Crippen molar-refractivity contribution in [1.82, 2.24) is 14.1 Å². The summed E-state index contributed by atoms with van der Waals surface area (Å²) in [5, 5.41) is 4.44. The van der Waals surface area contributed by atoms with Crippen molar-refractivity contribution in [3.05, 3.63) is 35.7 Å². The number of aromatic nitrogens is 2. The van der Waals surface area contributed by atoms with Crippen molar-refractivity contribution in [2.45, 2.75) is 55.9 Å². The number of piperidine rings is 1. The average Bonchev–Trinajstić information content (AvgIpc) is 2.99. The minimum absolute atomic E-state index is 0.250. The van der Waals surface area contributed by atoms with E-state index in [0.29, 0.717) is 54.7 Å². The van der Waals surface area contributed by atoms with Gasteiger partial charge in [-0.05, 0) is 51.0 Å². The lowest BCUT2D eigenvalue weighted by Gasteiger charge is -2.26. The molecule has 0 spiro atoms. The summed E-state index contributed by atoms with van der Waals surface area (Å²) >= 11 is 0. The van der Waals surface area contributed by atoms with Crippen LogP contribution in [0.3, 0.4) is 0 Å². The second-order valence-corrected chi connectivity index (χ2v) is 11.5. The van der Waals surface area contributed by atoms with Crippen LogP contribution in [0.5, 0.6) is 5.75 Å². The molecule has 3 rings (SSSR count). The highest BCUT2D eigenvalue weighted by atomic mass is 32.2. The van der Waals surface area contributed by atoms with E-state index in [1.54, 1.807) is 35.0 Å². The Kier molecular flexibility index (Phi) is 6.88. The standard InChI is InChI=1S/C20H29N3O5S2/c1-16-20(30(26,27)22-12-5-4-6-13-22)17(2)23(21-16)14-7-15-28-18-8-10-19(11-9-18)29(3,24)25/h8-11H,4-7,12-15H2,1-3H3. The van der Waals surface area contributed by atoms with Crippen LogP contribution < -0.4 is 4.74 Å². The zero-order chi connectivity index (χ0) is 21.9. The molecule has 0 saturated carbocycles. The second-order valence-electron chi connectivity index (χ2n) is 7.63. The molecule has 1 aromatic heterocycles. The number of aryl methyl sites for hydroxylation is 2. The number of ether oxygens (including phenoxy) is 1. The molecule has 8 nitrogen and oxygen atoms in total. The highest BCUT2D eigenvalue weighted by Gasteiger charge is 2.31. The van der Waals surface area contributed by atoms with Gasteiger partial charge in [-0.25, -0.2) is 16.8 Å². The number of hydrogen-bond donors (Lipinski definition) is 0. The van der Waals surface area contributed by atoms with E-state index in [1.807, 2.05) is 0 Å². The van der Waals surface area contributed by atoms with E-state index in [2.05, 4.69) is 5.10 Å². The van der Waals surface area contributed by atoms with Crippen LogP contribution in [0, 0.1) is 13.8 Å². The number of rotatable bonds is 8. The Morgan fingerprint density at radius 1 is 1.00 bits per heavy atom. The molecule has 0 bridgehead atoms. The average molecular weight is 456 g/mol. The fraction of sp³-hybridized carbons (Fsp3) is 0.550. The second kappa shape index (κ2) is 9.07. The monoisotopic (exact) mass is 455 g/mol. The number of hydrogen-bond acceptors (Lipinski definition) is 6. The molecule has 0 unspecified atom stereocenters. The van der Waals surface area contributed by atoms with Gasteiger partial charge in [0.15, 0.2) is 9.84 Å². The minimum Gasteiger partial charge on any atom is -0.494 e. The predicted molar refractivity (Wildman–Crippen MR) is 114 cm³/mol. The van der Waals surface area contributed by atoms with Crippen LogP contribution in [0.15, 0.2) is 34.1 Å². The first-order chi connectivity index (χ1) is 14.1. The Morgan fingerprint density at radius 2 is 1.63 bits per heavy atom. The summed E-state index contributed by atoms with van der Waals surface area (Å²) in [6.45, 7) is 5.60. The number of nitrogens with zero attached hydrogens (tertiary/aromatic N) is 3. The SMILES string of the molecule is Cc1nn(CCCOc2ccc(S(C)(=O)=O)cc2)c(C)c1S(=O)(=O)N1CCCCC1. The lowest BCUT2D eigenvalue weighted by molar-refractivity contribution is 0.297. The maximum Gasteiger partial charge on any atom is 0.246 e. The van der Waals surface area contributed by atoms with Crippen LogP contribution in [0.4, 0.5) is 0 Å². The molecule has 10 heteroatoms. The highest BCUT2D eigenvalue weighted by Crippen LogP contribution is 2.26. The molecular formula is C20H29N3O5S2. The van der Waals surface area contributed by atoms with Crippen molar-refractivity contribution in [3.8, 4) is 5.75 Å². The Hall–Kier alpha value is -1.91. The number of sulfone groups is 1. The van der Waals surface area contributed by atoms with Crippen molar-refractivity contribution in [3.63, 3.8) is 0 Å². The Bertz CT molecular complexity index is 1080. The topological polar surface area (TPSA) is 98.6 Å². The predicted octanol–water partition coefficient (Wildman–Crippen LogP) is 2.55. The van der Waals surface area contributed by atoms with Crippen molar-refractivity contribution >= 4 is 19.9 Å². The fourth-order valence-electron chi connectivity index (χ4n) is 3.69. The number of sulfonamides is 1. The molecule has 0 radical (unpaired) electrons. The maximum absolute atomic E-state index is 13.1. The third-order valence-corrected chi connectivity index (χ3v) is 8.54. The van der Waals surface area contributed by atoms with E-state index in [-0.39, 0.29) is 4.90 Å².